The van der Waals surface area contributed by atoms with Gasteiger partial charge in [0.2, 0.25) is 0 Å². The average molecular weight is 571 g/mol. The fourth-order valence-electron chi connectivity index (χ4n) is 5.47. The standard InChI is InChI=1S/C30H37Cl2N5S/c1-38-13-6-22-4-9-36(10-5-22)21-24-15-28(35-29(16-24)25-17-26(31)19-27(32)18-25)14-23-2-3-30(34-20-23)37-11-7-33-8-12-37/h2-3,15-20,22,33H,4-14,21H2,1H3. The number of rotatable bonds is 9. The van der Waals surface area contributed by atoms with Gasteiger partial charge in [0.25, 0.3) is 0 Å². The molecule has 4 heterocycles. The summed E-state index contributed by atoms with van der Waals surface area (Å²) in [6, 6.07) is 14.5. The number of hydrogen-bond acceptors (Lipinski definition) is 6. The molecule has 202 valence electrons. The summed E-state index contributed by atoms with van der Waals surface area (Å²) >= 11 is 14.7. The van der Waals surface area contributed by atoms with Gasteiger partial charge in [-0.2, -0.15) is 11.8 Å². The molecule has 2 fully saturated rings. The molecule has 0 spiro atoms. The smallest absolute Gasteiger partial charge is 0.128 e. The normalized spacial score (nSPS) is 17.2. The Balaban J connectivity index is 1.35. The summed E-state index contributed by atoms with van der Waals surface area (Å²) < 4.78 is 0. The van der Waals surface area contributed by atoms with E-state index in [1.165, 1.54) is 36.1 Å². The molecule has 2 aromatic heterocycles. The molecule has 5 nitrogen and oxygen atoms in total. The van der Waals surface area contributed by atoms with Crippen LogP contribution in [0.5, 0.6) is 0 Å². The lowest BCUT2D eigenvalue weighted by Gasteiger charge is -2.32. The first-order valence-corrected chi connectivity index (χ1v) is 15.8. The number of hydrogen-bond donors (Lipinski definition) is 1. The van der Waals surface area contributed by atoms with Crippen molar-refractivity contribution in [2.45, 2.75) is 32.2 Å². The van der Waals surface area contributed by atoms with Gasteiger partial charge in [-0.25, -0.2) is 4.98 Å². The molecule has 2 saturated heterocycles. The second kappa shape index (κ2) is 13.5. The summed E-state index contributed by atoms with van der Waals surface area (Å²) in [5.74, 6) is 3.19. The van der Waals surface area contributed by atoms with E-state index in [-0.39, 0.29) is 0 Å². The first kappa shape index (κ1) is 27.7. The van der Waals surface area contributed by atoms with Crippen LogP contribution < -0.4 is 10.2 Å². The van der Waals surface area contributed by atoms with Gasteiger partial charge in [-0.05, 0) is 97.8 Å². The zero-order valence-electron chi connectivity index (χ0n) is 22.1. The molecular formula is C30H37Cl2N5S. The maximum absolute atomic E-state index is 6.36. The highest BCUT2D eigenvalue weighted by molar-refractivity contribution is 7.98. The highest BCUT2D eigenvalue weighted by Crippen LogP contribution is 2.29. The summed E-state index contributed by atoms with van der Waals surface area (Å²) in [6.45, 7) is 7.26. The zero-order chi connectivity index (χ0) is 26.3. The number of benzene rings is 1. The molecule has 2 aliphatic rings. The molecule has 0 amide bonds. The molecule has 0 radical (unpaired) electrons. The lowest BCUT2D eigenvalue weighted by molar-refractivity contribution is 0.175. The predicted octanol–water partition coefficient (Wildman–Crippen LogP) is 6.42. The number of piperazine rings is 1. The summed E-state index contributed by atoms with van der Waals surface area (Å²) in [6.07, 6.45) is 8.87. The van der Waals surface area contributed by atoms with E-state index < -0.39 is 0 Å². The summed E-state index contributed by atoms with van der Waals surface area (Å²) in [4.78, 5) is 14.7. The Bertz CT molecular complexity index is 1170. The number of halogens is 2. The largest absolute Gasteiger partial charge is 0.354 e. The number of piperidine rings is 1. The number of anilines is 1. The van der Waals surface area contributed by atoms with E-state index in [0.29, 0.717) is 10.0 Å². The van der Waals surface area contributed by atoms with E-state index in [9.17, 15) is 0 Å². The number of aromatic nitrogens is 2. The Morgan fingerprint density at radius 1 is 0.947 bits per heavy atom. The lowest BCUT2D eigenvalue weighted by atomic mass is 9.94. The molecular weight excluding hydrogens is 533 g/mol. The number of nitrogens with one attached hydrogen (secondary N) is 1. The molecule has 0 unspecified atom stereocenters. The Morgan fingerprint density at radius 2 is 1.71 bits per heavy atom. The predicted molar refractivity (Wildman–Crippen MR) is 163 cm³/mol. The number of likely N-dealkylation sites (tertiary alicyclic amines) is 1. The van der Waals surface area contributed by atoms with Gasteiger partial charge in [0, 0.05) is 66.6 Å². The van der Waals surface area contributed by atoms with E-state index in [0.717, 1.165) is 80.9 Å². The highest BCUT2D eigenvalue weighted by Gasteiger charge is 2.20. The fraction of sp³-hybridized carbons (Fsp3) is 0.467. The van der Waals surface area contributed by atoms with Crippen LogP contribution in [-0.2, 0) is 13.0 Å². The second-order valence-electron chi connectivity index (χ2n) is 10.4. The highest BCUT2D eigenvalue weighted by atomic mass is 35.5. The minimum absolute atomic E-state index is 0.626. The van der Waals surface area contributed by atoms with Crippen LogP contribution in [0.2, 0.25) is 10.0 Å². The number of nitrogens with zero attached hydrogens (tertiary/aromatic N) is 4. The molecule has 38 heavy (non-hydrogen) atoms. The monoisotopic (exact) mass is 569 g/mol. The SMILES string of the molecule is CSCCC1CCN(Cc2cc(Cc3ccc(N4CCNCC4)nc3)nc(-c3cc(Cl)cc(Cl)c3)c2)CC1. The van der Waals surface area contributed by atoms with Gasteiger partial charge in [-0.3, -0.25) is 9.88 Å². The van der Waals surface area contributed by atoms with Crippen LogP contribution in [-0.4, -0.2) is 66.1 Å². The Labute approximate surface area is 241 Å². The third-order valence-corrected chi connectivity index (χ3v) is 8.66. The summed E-state index contributed by atoms with van der Waals surface area (Å²) in [5, 5.41) is 4.65. The van der Waals surface area contributed by atoms with Crippen molar-refractivity contribution in [2.24, 2.45) is 5.92 Å². The minimum atomic E-state index is 0.626. The van der Waals surface area contributed by atoms with E-state index in [4.69, 9.17) is 33.2 Å². The van der Waals surface area contributed by atoms with Crippen LogP contribution in [0.3, 0.4) is 0 Å². The van der Waals surface area contributed by atoms with Gasteiger partial charge in [0.15, 0.2) is 0 Å². The minimum Gasteiger partial charge on any atom is -0.354 e. The Hall–Kier alpha value is -1.83. The van der Waals surface area contributed by atoms with Gasteiger partial charge in [-0.15, -0.1) is 0 Å². The van der Waals surface area contributed by atoms with Gasteiger partial charge in [0.1, 0.15) is 5.82 Å². The molecule has 0 saturated carbocycles. The fourth-order valence-corrected chi connectivity index (χ4v) is 6.56. The maximum atomic E-state index is 6.36. The Morgan fingerprint density at radius 3 is 2.39 bits per heavy atom. The molecule has 0 atom stereocenters. The first-order valence-electron chi connectivity index (χ1n) is 13.6. The Kier molecular flexibility index (Phi) is 9.84. The molecule has 0 aliphatic carbocycles. The van der Waals surface area contributed by atoms with Crippen LogP contribution in [0.25, 0.3) is 11.3 Å². The van der Waals surface area contributed by atoms with Gasteiger partial charge in [-0.1, -0.05) is 29.3 Å². The van der Waals surface area contributed by atoms with Crippen LogP contribution in [0.4, 0.5) is 5.82 Å². The molecule has 2 aliphatic heterocycles. The van der Waals surface area contributed by atoms with Gasteiger partial charge in [0.05, 0.1) is 5.69 Å². The van der Waals surface area contributed by atoms with E-state index in [2.05, 4.69) is 45.6 Å². The molecule has 1 N–H and O–H groups in total. The van der Waals surface area contributed by atoms with Crippen molar-refractivity contribution in [3.8, 4) is 11.3 Å². The van der Waals surface area contributed by atoms with E-state index >= 15 is 0 Å². The summed E-state index contributed by atoms with van der Waals surface area (Å²) in [5.41, 5.74) is 5.36. The van der Waals surface area contributed by atoms with Gasteiger partial charge >= 0.3 is 0 Å². The molecule has 1 aromatic carbocycles. The average Bonchev–Trinajstić information content (AvgIpc) is 2.93. The number of pyridine rings is 2. The third-order valence-electron chi connectivity index (χ3n) is 7.58. The molecule has 8 heteroatoms. The van der Waals surface area contributed by atoms with Crippen molar-refractivity contribution in [1.82, 2.24) is 20.2 Å². The quantitative estimate of drug-likeness (QED) is 0.321. The molecule has 5 rings (SSSR count). The zero-order valence-corrected chi connectivity index (χ0v) is 24.5. The van der Waals surface area contributed by atoms with Crippen LogP contribution in [0, 0.1) is 5.92 Å². The van der Waals surface area contributed by atoms with E-state index in [1.54, 1.807) is 6.07 Å². The summed E-state index contributed by atoms with van der Waals surface area (Å²) in [7, 11) is 0. The van der Waals surface area contributed by atoms with Crippen molar-refractivity contribution in [3.63, 3.8) is 0 Å². The van der Waals surface area contributed by atoms with Gasteiger partial charge < -0.3 is 10.2 Å². The van der Waals surface area contributed by atoms with Crippen molar-refractivity contribution < 1.29 is 0 Å². The van der Waals surface area contributed by atoms with Crippen LogP contribution >= 0.6 is 35.0 Å². The molecule has 0 bridgehead atoms. The first-order chi connectivity index (χ1) is 18.6. The van der Waals surface area contributed by atoms with Crippen molar-refractivity contribution in [2.75, 3.05) is 56.2 Å². The topological polar surface area (TPSA) is 44.3 Å². The van der Waals surface area contributed by atoms with Crippen LogP contribution in [0.15, 0.2) is 48.7 Å². The maximum Gasteiger partial charge on any atom is 0.128 e. The van der Waals surface area contributed by atoms with Crippen molar-refractivity contribution in [3.05, 3.63) is 75.5 Å². The van der Waals surface area contributed by atoms with Crippen LogP contribution in [0.1, 0.15) is 36.1 Å². The van der Waals surface area contributed by atoms with Crippen molar-refractivity contribution >= 4 is 40.8 Å². The molecule has 3 aromatic rings. The third kappa shape index (κ3) is 7.64. The van der Waals surface area contributed by atoms with E-state index in [1.807, 2.05) is 30.1 Å². The lowest BCUT2D eigenvalue weighted by Crippen LogP contribution is -2.43. The van der Waals surface area contributed by atoms with Crippen molar-refractivity contribution in [1.29, 1.82) is 0 Å². The number of thioether (sulfide) groups is 1. The second-order valence-corrected chi connectivity index (χ2v) is 12.3.